The van der Waals surface area contributed by atoms with Gasteiger partial charge in [-0.15, -0.1) is 0 Å². The van der Waals surface area contributed by atoms with Gasteiger partial charge in [-0.25, -0.2) is 0 Å². The van der Waals surface area contributed by atoms with Crippen LogP contribution in [-0.2, 0) is 0 Å². The number of alkyl halides is 1. The van der Waals surface area contributed by atoms with Gasteiger partial charge in [0.2, 0.25) is 0 Å². The van der Waals surface area contributed by atoms with Crippen LogP contribution < -0.4 is 4.74 Å². The average Bonchev–Trinajstić information content (AvgIpc) is 2.17. The van der Waals surface area contributed by atoms with E-state index in [4.69, 9.17) is 4.74 Å². The molecule has 0 aliphatic carbocycles. The van der Waals surface area contributed by atoms with E-state index in [0.717, 1.165) is 11.3 Å². The fourth-order valence-corrected chi connectivity index (χ4v) is 1.37. The Morgan fingerprint density at radius 1 is 1.31 bits per heavy atom. The molecule has 2 atom stereocenters. The molecular weight excluding hydrogens is 232 g/mol. The van der Waals surface area contributed by atoms with Gasteiger partial charge in [-0.1, -0.05) is 28.1 Å². The minimum absolute atomic E-state index is 0.0564. The molecule has 0 saturated carbocycles. The summed E-state index contributed by atoms with van der Waals surface area (Å²) in [5.41, 5.74) is 0.894. The van der Waals surface area contributed by atoms with E-state index in [-0.39, 0.29) is 4.83 Å². The van der Waals surface area contributed by atoms with Gasteiger partial charge in [0.15, 0.2) is 0 Å². The van der Waals surface area contributed by atoms with Crippen LogP contribution in [0.25, 0.3) is 0 Å². The van der Waals surface area contributed by atoms with E-state index in [1.54, 1.807) is 7.11 Å². The van der Waals surface area contributed by atoms with Crippen LogP contribution in [0.15, 0.2) is 24.3 Å². The highest BCUT2D eigenvalue weighted by atomic mass is 79.9. The van der Waals surface area contributed by atoms with E-state index in [0.29, 0.717) is 0 Å². The third-order valence-electron chi connectivity index (χ3n) is 1.89. The van der Waals surface area contributed by atoms with E-state index < -0.39 is 6.10 Å². The quantitative estimate of drug-likeness (QED) is 0.829. The smallest absolute Gasteiger partial charge is 0.118 e. The SMILES string of the molecule is COc1ccc(C(O)C(C)Br)cc1. The summed E-state index contributed by atoms with van der Waals surface area (Å²) in [7, 11) is 1.62. The summed E-state index contributed by atoms with van der Waals surface area (Å²) in [6.07, 6.45) is -0.467. The lowest BCUT2D eigenvalue weighted by Crippen LogP contribution is -2.07. The van der Waals surface area contributed by atoms with Gasteiger partial charge in [0.05, 0.1) is 13.2 Å². The molecule has 1 aromatic rings. The monoisotopic (exact) mass is 244 g/mol. The van der Waals surface area contributed by atoms with E-state index in [1.165, 1.54) is 0 Å². The number of hydrogen-bond acceptors (Lipinski definition) is 2. The molecule has 1 rings (SSSR count). The Morgan fingerprint density at radius 2 is 1.85 bits per heavy atom. The summed E-state index contributed by atoms with van der Waals surface area (Å²) in [5, 5.41) is 9.67. The van der Waals surface area contributed by atoms with Gasteiger partial charge in [0.1, 0.15) is 5.75 Å². The molecule has 72 valence electrons. The van der Waals surface area contributed by atoms with Crippen molar-refractivity contribution >= 4 is 15.9 Å². The van der Waals surface area contributed by atoms with Crippen molar-refractivity contribution in [2.75, 3.05) is 7.11 Å². The second kappa shape index (κ2) is 4.63. The maximum absolute atomic E-state index is 9.67. The first kappa shape index (κ1) is 10.5. The van der Waals surface area contributed by atoms with Crippen LogP contribution in [0.5, 0.6) is 5.75 Å². The van der Waals surface area contributed by atoms with Crippen molar-refractivity contribution in [2.24, 2.45) is 0 Å². The second-order valence-corrected chi connectivity index (χ2v) is 4.34. The highest BCUT2D eigenvalue weighted by Gasteiger charge is 2.12. The van der Waals surface area contributed by atoms with Crippen molar-refractivity contribution in [3.05, 3.63) is 29.8 Å². The Balaban J connectivity index is 2.79. The number of ether oxygens (including phenoxy) is 1. The first-order valence-corrected chi connectivity index (χ1v) is 5.03. The maximum Gasteiger partial charge on any atom is 0.118 e. The zero-order valence-electron chi connectivity index (χ0n) is 7.70. The molecule has 2 nitrogen and oxygen atoms in total. The first-order valence-electron chi connectivity index (χ1n) is 4.11. The molecule has 2 unspecified atom stereocenters. The van der Waals surface area contributed by atoms with Crippen molar-refractivity contribution in [2.45, 2.75) is 17.9 Å². The minimum atomic E-state index is -0.467. The molecule has 1 aromatic carbocycles. The number of methoxy groups -OCH3 is 1. The van der Waals surface area contributed by atoms with Gasteiger partial charge in [0.25, 0.3) is 0 Å². The topological polar surface area (TPSA) is 29.5 Å². The van der Waals surface area contributed by atoms with E-state index in [9.17, 15) is 5.11 Å². The standard InChI is InChI=1S/C10H13BrO2/c1-7(11)10(12)8-3-5-9(13-2)6-4-8/h3-7,10,12H,1-2H3. The van der Waals surface area contributed by atoms with E-state index in [2.05, 4.69) is 15.9 Å². The number of rotatable bonds is 3. The lowest BCUT2D eigenvalue weighted by molar-refractivity contribution is 0.181. The fraction of sp³-hybridized carbons (Fsp3) is 0.400. The summed E-state index contributed by atoms with van der Waals surface area (Å²) in [6, 6.07) is 7.41. The normalized spacial score (nSPS) is 15.1. The van der Waals surface area contributed by atoms with E-state index >= 15 is 0 Å². The predicted molar refractivity (Wildman–Crippen MR) is 56.3 cm³/mol. The molecule has 0 radical (unpaired) electrons. The number of halogens is 1. The number of benzene rings is 1. The molecule has 0 spiro atoms. The molecular formula is C10H13BrO2. The molecule has 0 aliphatic rings. The molecule has 0 saturated heterocycles. The van der Waals surface area contributed by atoms with Crippen molar-refractivity contribution in [1.82, 2.24) is 0 Å². The fourth-order valence-electron chi connectivity index (χ4n) is 1.07. The van der Waals surface area contributed by atoms with Crippen LogP contribution in [0.2, 0.25) is 0 Å². The summed E-state index contributed by atoms with van der Waals surface area (Å²) >= 11 is 3.33. The largest absolute Gasteiger partial charge is 0.497 e. The van der Waals surface area contributed by atoms with Crippen LogP contribution in [-0.4, -0.2) is 17.0 Å². The highest BCUT2D eigenvalue weighted by molar-refractivity contribution is 9.09. The zero-order valence-corrected chi connectivity index (χ0v) is 9.28. The van der Waals surface area contributed by atoms with Crippen molar-refractivity contribution in [3.63, 3.8) is 0 Å². The Labute approximate surface area is 86.7 Å². The van der Waals surface area contributed by atoms with Gasteiger partial charge in [-0.05, 0) is 24.6 Å². The molecule has 0 fully saturated rings. The summed E-state index contributed by atoms with van der Waals surface area (Å²) < 4.78 is 5.02. The van der Waals surface area contributed by atoms with Gasteiger partial charge in [-0.2, -0.15) is 0 Å². The second-order valence-electron chi connectivity index (χ2n) is 2.90. The highest BCUT2D eigenvalue weighted by Crippen LogP contribution is 2.23. The first-order chi connectivity index (χ1) is 6.15. The third kappa shape index (κ3) is 2.71. The number of aliphatic hydroxyl groups excluding tert-OH is 1. The van der Waals surface area contributed by atoms with E-state index in [1.807, 2.05) is 31.2 Å². The van der Waals surface area contributed by atoms with Gasteiger partial charge >= 0.3 is 0 Å². The molecule has 3 heteroatoms. The van der Waals surface area contributed by atoms with Crippen molar-refractivity contribution in [1.29, 1.82) is 0 Å². The molecule has 0 heterocycles. The van der Waals surface area contributed by atoms with Gasteiger partial charge in [-0.3, -0.25) is 0 Å². The average molecular weight is 245 g/mol. The minimum Gasteiger partial charge on any atom is -0.497 e. The number of hydrogen-bond donors (Lipinski definition) is 1. The summed E-state index contributed by atoms with van der Waals surface area (Å²) in [6.45, 7) is 1.91. The molecule has 0 amide bonds. The molecule has 0 bridgehead atoms. The molecule has 1 N–H and O–H groups in total. The zero-order chi connectivity index (χ0) is 9.84. The summed E-state index contributed by atoms with van der Waals surface area (Å²) in [5.74, 6) is 0.804. The lowest BCUT2D eigenvalue weighted by Gasteiger charge is -2.13. The predicted octanol–water partition coefficient (Wildman–Crippen LogP) is 2.51. The van der Waals surface area contributed by atoms with Crippen molar-refractivity contribution < 1.29 is 9.84 Å². The Bertz CT molecular complexity index is 256. The van der Waals surface area contributed by atoms with Gasteiger partial charge < -0.3 is 9.84 Å². The molecule has 0 aliphatic heterocycles. The maximum atomic E-state index is 9.67. The van der Waals surface area contributed by atoms with Gasteiger partial charge in [0, 0.05) is 4.83 Å². The Kier molecular flexibility index (Phi) is 3.75. The number of aliphatic hydroxyl groups is 1. The Morgan fingerprint density at radius 3 is 2.23 bits per heavy atom. The van der Waals surface area contributed by atoms with Crippen LogP contribution in [0.3, 0.4) is 0 Å². The third-order valence-corrected chi connectivity index (χ3v) is 2.39. The van der Waals surface area contributed by atoms with Crippen molar-refractivity contribution in [3.8, 4) is 5.75 Å². The Hall–Kier alpha value is -0.540. The molecule has 0 aromatic heterocycles. The van der Waals surface area contributed by atoms with Crippen LogP contribution in [0.1, 0.15) is 18.6 Å². The van der Waals surface area contributed by atoms with Crippen LogP contribution in [0, 0.1) is 0 Å². The summed E-state index contributed by atoms with van der Waals surface area (Å²) in [4.78, 5) is 0.0564. The molecule has 13 heavy (non-hydrogen) atoms. The lowest BCUT2D eigenvalue weighted by atomic mass is 10.1. The van der Waals surface area contributed by atoms with Crippen LogP contribution in [0.4, 0.5) is 0 Å². The van der Waals surface area contributed by atoms with Crippen LogP contribution >= 0.6 is 15.9 Å².